The third kappa shape index (κ3) is 3.71. The number of anilines is 1. The van der Waals surface area contributed by atoms with Crippen molar-refractivity contribution < 1.29 is 13.2 Å². The molecular weight excluding hydrogens is 356 g/mol. The normalized spacial score (nSPS) is 12.7. The van der Waals surface area contributed by atoms with Crippen molar-refractivity contribution in [3.8, 4) is 0 Å². The average Bonchev–Trinajstić information content (AvgIpc) is 2.76. The van der Waals surface area contributed by atoms with Crippen LogP contribution in [0.25, 0.3) is 0 Å². The molecule has 0 atom stereocenters. The van der Waals surface area contributed by atoms with Crippen molar-refractivity contribution in [2.24, 2.45) is 0 Å². The minimum Gasteiger partial charge on any atom is -0.301 e. The van der Waals surface area contributed by atoms with Crippen molar-refractivity contribution in [2.75, 3.05) is 17.7 Å². The molecule has 0 aliphatic heterocycles. The van der Waals surface area contributed by atoms with Crippen LogP contribution in [-0.2, 0) is 14.8 Å². The van der Waals surface area contributed by atoms with Gasteiger partial charge in [0.1, 0.15) is 0 Å². The summed E-state index contributed by atoms with van der Waals surface area (Å²) in [7, 11) is -2.24. The molecule has 0 fully saturated rings. The summed E-state index contributed by atoms with van der Waals surface area (Å²) in [5.74, 6) is -0.325. The lowest BCUT2D eigenvalue weighted by Gasteiger charge is -2.31. The van der Waals surface area contributed by atoms with Crippen molar-refractivity contribution in [1.29, 1.82) is 0 Å². The Hall–Kier alpha value is -0.580. The predicted octanol–water partition coefficient (Wildman–Crippen LogP) is 1.29. The van der Waals surface area contributed by atoms with E-state index in [2.05, 4.69) is 31.4 Å². The number of hydrogen-bond donors (Lipinski definition) is 1. The minimum absolute atomic E-state index is 0.146. The van der Waals surface area contributed by atoms with Crippen LogP contribution >= 0.6 is 27.3 Å². The molecule has 1 amide bonds. The predicted molar refractivity (Wildman–Crippen MR) is 77.0 cm³/mol. The lowest BCUT2D eigenvalue weighted by atomic mass is 10.1. The Morgan fingerprint density at radius 1 is 1.47 bits per heavy atom. The highest BCUT2D eigenvalue weighted by Crippen LogP contribution is 2.27. The fourth-order valence-corrected chi connectivity index (χ4v) is 4.19. The second-order valence-corrected chi connectivity index (χ2v) is 8.15. The van der Waals surface area contributed by atoms with Crippen molar-refractivity contribution in [3.05, 3.63) is 0 Å². The van der Waals surface area contributed by atoms with Crippen LogP contribution in [-0.4, -0.2) is 46.7 Å². The summed E-state index contributed by atoms with van der Waals surface area (Å²) in [6.07, 6.45) is 0. The van der Waals surface area contributed by atoms with E-state index in [-0.39, 0.29) is 15.4 Å². The fourth-order valence-electron chi connectivity index (χ4n) is 1.04. The van der Waals surface area contributed by atoms with Crippen molar-refractivity contribution in [2.45, 2.75) is 30.6 Å². The van der Waals surface area contributed by atoms with Crippen LogP contribution < -0.4 is 5.32 Å². The zero-order valence-electron chi connectivity index (χ0n) is 11.0. The van der Waals surface area contributed by atoms with Gasteiger partial charge < -0.3 is 5.32 Å². The van der Waals surface area contributed by atoms with Crippen LogP contribution in [0.5, 0.6) is 0 Å². The lowest BCUT2D eigenvalue weighted by molar-refractivity contribution is -0.114. The van der Waals surface area contributed by atoms with E-state index < -0.39 is 15.6 Å². The second-order valence-electron chi connectivity index (χ2n) is 4.47. The first-order valence-electron chi connectivity index (χ1n) is 5.27. The van der Waals surface area contributed by atoms with Crippen LogP contribution in [0, 0.1) is 0 Å². The number of nitrogens with zero attached hydrogens (tertiary/aromatic N) is 3. The molecule has 0 aliphatic rings. The monoisotopic (exact) mass is 370 g/mol. The molecule has 1 aromatic heterocycles. The number of hydrogen-bond acceptors (Lipinski definition) is 6. The molecule has 0 unspecified atom stereocenters. The van der Waals surface area contributed by atoms with Gasteiger partial charge in [0.15, 0.2) is 0 Å². The van der Waals surface area contributed by atoms with E-state index in [9.17, 15) is 13.2 Å². The SMILES string of the molecule is CC(=O)Nc1nnc(S(=O)(=O)N(C)C(C)(C)CBr)s1. The van der Waals surface area contributed by atoms with E-state index in [4.69, 9.17) is 0 Å². The average molecular weight is 371 g/mol. The molecule has 108 valence electrons. The van der Waals surface area contributed by atoms with Crippen molar-refractivity contribution >= 4 is 48.3 Å². The molecule has 0 aromatic carbocycles. The number of alkyl halides is 1. The Bertz CT molecular complexity index is 570. The van der Waals surface area contributed by atoms with Gasteiger partial charge >= 0.3 is 0 Å². The molecular formula is C9H15BrN4O3S2. The maximum atomic E-state index is 12.3. The first-order chi connectivity index (χ1) is 8.61. The number of amides is 1. The number of halogens is 1. The van der Waals surface area contributed by atoms with E-state index in [1.807, 2.05) is 0 Å². The van der Waals surface area contributed by atoms with Crippen LogP contribution in [0.2, 0.25) is 0 Å². The maximum Gasteiger partial charge on any atom is 0.272 e. The van der Waals surface area contributed by atoms with Gasteiger partial charge in [0, 0.05) is 24.8 Å². The molecule has 1 aromatic rings. The summed E-state index contributed by atoms with van der Waals surface area (Å²) in [4.78, 5) is 10.9. The standard InChI is InChI=1S/C9H15BrN4O3S2/c1-6(15)11-7-12-13-8(18-7)19(16,17)14(4)9(2,3)5-10/h5H2,1-4H3,(H,11,12,15). The molecule has 1 N–H and O–H groups in total. The lowest BCUT2D eigenvalue weighted by Crippen LogP contribution is -2.46. The van der Waals surface area contributed by atoms with Crippen LogP contribution in [0.1, 0.15) is 20.8 Å². The zero-order chi connectivity index (χ0) is 14.8. The number of aromatic nitrogens is 2. The Labute approximate surface area is 124 Å². The summed E-state index contributed by atoms with van der Waals surface area (Å²) in [6.45, 7) is 4.89. The second kappa shape index (κ2) is 5.81. The van der Waals surface area contributed by atoms with Crippen LogP contribution in [0.4, 0.5) is 5.13 Å². The van der Waals surface area contributed by atoms with E-state index >= 15 is 0 Å². The van der Waals surface area contributed by atoms with Gasteiger partial charge in [-0.05, 0) is 13.8 Å². The zero-order valence-corrected chi connectivity index (χ0v) is 14.2. The molecule has 1 heterocycles. The highest BCUT2D eigenvalue weighted by molar-refractivity contribution is 9.09. The fraction of sp³-hybridized carbons (Fsp3) is 0.667. The number of carbonyl (C=O) groups is 1. The molecule has 0 spiro atoms. The number of rotatable bonds is 5. The molecule has 10 heteroatoms. The van der Waals surface area contributed by atoms with E-state index in [0.717, 1.165) is 11.3 Å². The van der Waals surface area contributed by atoms with Gasteiger partial charge in [0.05, 0.1) is 0 Å². The van der Waals surface area contributed by atoms with Crippen molar-refractivity contribution in [1.82, 2.24) is 14.5 Å². The van der Waals surface area contributed by atoms with Gasteiger partial charge in [-0.2, -0.15) is 4.31 Å². The Morgan fingerprint density at radius 2 is 2.05 bits per heavy atom. The molecule has 0 radical (unpaired) electrons. The third-order valence-electron chi connectivity index (χ3n) is 2.45. The van der Waals surface area contributed by atoms with Gasteiger partial charge in [0.2, 0.25) is 15.4 Å². The smallest absolute Gasteiger partial charge is 0.272 e. The first kappa shape index (κ1) is 16.5. The number of nitrogens with one attached hydrogen (secondary N) is 1. The van der Waals surface area contributed by atoms with Crippen LogP contribution in [0.15, 0.2) is 4.34 Å². The largest absolute Gasteiger partial charge is 0.301 e. The third-order valence-corrected chi connectivity index (χ3v) is 7.08. The van der Waals surface area contributed by atoms with Crippen LogP contribution in [0.3, 0.4) is 0 Å². The summed E-state index contributed by atoms with van der Waals surface area (Å²) in [5.41, 5.74) is -0.599. The molecule has 7 nitrogen and oxygen atoms in total. The van der Waals surface area contributed by atoms with E-state index in [0.29, 0.717) is 5.33 Å². The summed E-state index contributed by atoms with van der Waals surface area (Å²) >= 11 is 4.10. The summed E-state index contributed by atoms with van der Waals surface area (Å²) < 4.78 is 25.8. The number of carbonyl (C=O) groups excluding carboxylic acids is 1. The first-order valence-corrected chi connectivity index (χ1v) is 8.65. The molecule has 0 saturated carbocycles. The van der Waals surface area contributed by atoms with Gasteiger partial charge in [-0.15, -0.1) is 10.2 Å². The minimum atomic E-state index is -3.73. The molecule has 19 heavy (non-hydrogen) atoms. The Kier molecular flexibility index (Phi) is 5.04. The highest BCUT2D eigenvalue weighted by atomic mass is 79.9. The molecule has 0 saturated heterocycles. The van der Waals surface area contributed by atoms with Crippen molar-refractivity contribution in [3.63, 3.8) is 0 Å². The molecule has 0 bridgehead atoms. The Morgan fingerprint density at radius 3 is 2.53 bits per heavy atom. The maximum absolute atomic E-state index is 12.3. The van der Waals surface area contributed by atoms with E-state index in [1.165, 1.54) is 18.3 Å². The molecule has 1 rings (SSSR count). The summed E-state index contributed by atoms with van der Waals surface area (Å²) in [5, 5.41) is 10.3. The quantitative estimate of drug-likeness (QED) is 0.622. The van der Waals surface area contributed by atoms with Gasteiger partial charge in [-0.3, -0.25) is 4.79 Å². The highest BCUT2D eigenvalue weighted by Gasteiger charge is 2.35. The Balaban J connectivity index is 3.07. The number of sulfonamides is 1. The summed E-state index contributed by atoms with van der Waals surface area (Å²) in [6, 6.07) is 0. The van der Waals surface area contributed by atoms with Gasteiger partial charge in [-0.1, -0.05) is 27.3 Å². The van der Waals surface area contributed by atoms with Gasteiger partial charge in [0.25, 0.3) is 10.0 Å². The van der Waals surface area contributed by atoms with Gasteiger partial charge in [-0.25, -0.2) is 8.42 Å². The van der Waals surface area contributed by atoms with E-state index in [1.54, 1.807) is 13.8 Å². The topological polar surface area (TPSA) is 92.3 Å². The molecule has 0 aliphatic carbocycles.